The van der Waals surface area contributed by atoms with Gasteiger partial charge in [0, 0.05) is 24.5 Å². The molecule has 29 heavy (non-hydrogen) atoms. The molecular weight excluding hydrogens is 386 g/mol. The summed E-state index contributed by atoms with van der Waals surface area (Å²) in [5.41, 5.74) is 2.47. The van der Waals surface area contributed by atoms with Gasteiger partial charge in [-0.3, -0.25) is 4.79 Å². The molecule has 1 aliphatic rings. The summed E-state index contributed by atoms with van der Waals surface area (Å²) in [5.74, 6) is 0.845. The van der Waals surface area contributed by atoms with Crippen LogP contribution < -0.4 is 10.2 Å². The minimum absolute atomic E-state index is 0.0656. The fourth-order valence-corrected chi connectivity index (χ4v) is 4.18. The molecule has 0 aliphatic carbocycles. The number of hydrogen-bond acceptors (Lipinski definition) is 7. The Kier molecular flexibility index (Phi) is 5.99. The van der Waals surface area contributed by atoms with Crippen molar-refractivity contribution in [2.45, 2.75) is 37.6 Å². The summed E-state index contributed by atoms with van der Waals surface area (Å²) in [6, 6.07) is 8.29. The lowest BCUT2D eigenvalue weighted by molar-refractivity contribution is -0.125. The van der Waals surface area contributed by atoms with Gasteiger partial charge >= 0.3 is 0 Å². The Bertz CT molecular complexity index is 988. The number of amides is 1. The van der Waals surface area contributed by atoms with Crippen molar-refractivity contribution < 1.29 is 9.32 Å². The fraction of sp³-hybridized carbons (Fsp3) is 0.429. The van der Waals surface area contributed by atoms with E-state index in [1.165, 1.54) is 11.2 Å². The molecule has 0 unspecified atom stereocenters. The summed E-state index contributed by atoms with van der Waals surface area (Å²) in [5, 5.41) is 8.08. The number of rotatable bonds is 6. The van der Waals surface area contributed by atoms with E-state index in [1.54, 1.807) is 11.8 Å². The highest BCUT2D eigenvalue weighted by Gasteiger charge is 2.28. The van der Waals surface area contributed by atoms with Crippen molar-refractivity contribution in [3.8, 4) is 0 Å². The minimum atomic E-state index is -0.0656. The van der Waals surface area contributed by atoms with Gasteiger partial charge in [0.05, 0.1) is 11.6 Å². The van der Waals surface area contributed by atoms with Gasteiger partial charge in [-0.2, -0.15) is 4.98 Å². The zero-order valence-electron chi connectivity index (χ0n) is 16.7. The van der Waals surface area contributed by atoms with Gasteiger partial charge < -0.3 is 14.7 Å². The maximum Gasteiger partial charge on any atom is 0.263 e. The highest BCUT2D eigenvalue weighted by molar-refractivity contribution is 7.98. The van der Waals surface area contributed by atoms with E-state index in [9.17, 15) is 4.79 Å². The number of aryl methyl sites for hydroxylation is 1. The number of nitrogens with one attached hydrogen (secondary N) is 1. The Balaban J connectivity index is 1.44. The van der Waals surface area contributed by atoms with E-state index in [1.807, 2.05) is 6.92 Å². The van der Waals surface area contributed by atoms with E-state index in [0.717, 1.165) is 48.3 Å². The van der Waals surface area contributed by atoms with Crippen LogP contribution in [0.25, 0.3) is 11.1 Å². The van der Waals surface area contributed by atoms with Crippen LogP contribution in [0.1, 0.15) is 31.0 Å². The van der Waals surface area contributed by atoms with Crippen molar-refractivity contribution in [3.63, 3.8) is 0 Å². The van der Waals surface area contributed by atoms with Crippen molar-refractivity contribution >= 4 is 34.6 Å². The van der Waals surface area contributed by atoms with Crippen LogP contribution in [0.2, 0.25) is 0 Å². The standard InChI is InChI=1S/C21H25N5O2S/c1-3-17-18-19(23-13-24-21(18)28-25-17)26-10-4-5-15(12-26)20(27)22-11-14-6-8-16(29-2)9-7-14/h6-9,13,15H,3-5,10-12H2,1-2H3,(H,22,27)/t15-/m0/s1. The molecule has 7 nitrogen and oxygen atoms in total. The number of fused-ring (bicyclic) bond motifs is 1. The number of thioether (sulfide) groups is 1. The Morgan fingerprint density at radius 1 is 1.31 bits per heavy atom. The van der Waals surface area contributed by atoms with Crippen LogP contribution in [0.3, 0.4) is 0 Å². The number of hydrogen-bond donors (Lipinski definition) is 1. The molecule has 3 aromatic rings. The van der Waals surface area contributed by atoms with E-state index < -0.39 is 0 Å². The van der Waals surface area contributed by atoms with Gasteiger partial charge in [-0.15, -0.1) is 11.8 Å². The quantitative estimate of drug-likeness (QED) is 0.622. The summed E-state index contributed by atoms with van der Waals surface area (Å²) in [6.07, 6.45) is 6.13. The summed E-state index contributed by atoms with van der Waals surface area (Å²) in [4.78, 5) is 24.9. The first-order chi connectivity index (χ1) is 14.2. The molecule has 1 amide bonds. The first kappa shape index (κ1) is 19.7. The van der Waals surface area contributed by atoms with E-state index in [2.05, 4.69) is 55.9 Å². The normalized spacial score (nSPS) is 16.9. The summed E-state index contributed by atoms with van der Waals surface area (Å²) < 4.78 is 5.34. The summed E-state index contributed by atoms with van der Waals surface area (Å²) in [6.45, 7) is 4.08. The van der Waals surface area contributed by atoms with Crippen molar-refractivity contribution in [3.05, 3.63) is 41.9 Å². The topological polar surface area (TPSA) is 84.2 Å². The maximum absolute atomic E-state index is 12.8. The smallest absolute Gasteiger partial charge is 0.263 e. The van der Waals surface area contributed by atoms with Crippen LogP contribution in [0.4, 0.5) is 5.82 Å². The SMILES string of the molecule is CCc1noc2ncnc(N3CCC[C@H](C(=O)NCc4ccc(SC)cc4)C3)c12. The molecular formula is C21H25N5O2S. The van der Waals surface area contributed by atoms with Gasteiger partial charge in [0.2, 0.25) is 5.91 Å². The van der Waals surface area contributed by atoms with E-state index >= 15 is 0 Å². The van der Waals surface area contributed by atoms with Gasteiger partial charge in [-0.05, 0) is 43.2 Å². The zero-order valence-corrected chi connectivity index (χ0v) is 17.5. The molecule has 152 valence electrons. The van der Waals surface area contributed by atoms with Crippen LogP contribution in [0.15, 0.2) is 40.0 Å². The number of carbonyl (C=O) groups excluding carboxylic acids is 1. The van der Waals surface area contributed by atoms with Crippen molar-refractivity contribution in [2.24, 2.45) is 5.92 Å². The highest BCUT2D eigenvalue weighted by atomic mass is 32.2. The second-order valence-electron chi connectivity index (χ2n) is 7.21. The first-order valence-corrected chi connectivity index (χ1v) is 11.2. The number of piperidine rings is 1. The number of anilines is 1. The molecule has 1 saturated heterocycles. The lowest BCUT2D eigenvalue weighted by atomic mass is 9.96. The molecule has 0 spiro atoms. The number of carbonyl (C=O) groups is 1. The second kappa shape index (κ2) is 8.82. The zero-order chi connectivity index (χ0) is 20.2. The van der Waals surface area contributed by atoms with Crippen LogP contribution in [-0.2, 0) is 17.8 Å². The van der Waals surface area contributed by atoms with Crippen LogP contribution in [-0.4, -0.2) is 40.4 Å². The van der Waals surface area contributed by atoms with Gasteiger partial charge in [-0.25, -0.2) is 4.98 Å². The molecule has 0 saturated carbocycles. The van der Waals surface area contributed by atoms with Crippen LogP contribution in [0.5, 0.6) is 0 Å². The van der Waals surface area contributed by atoms with Crippen molar-refractivity contribution in [2.75, 3.05) is 24.2 Å². The lowest BCUT2D eigenvalue weighted by Crippen LogP contribution is -2.43. The maximum atomic E-state index is 12.8. The minimum Gasteiger partial charge on any atom is -0.355 e. The predicted octanol–water partition coefficient (Wildman–Crippen LogP) is 3.43. The molecule has 8 heteroatoms. The Labute approximate surface area is 174 Å². The third kappa shape index (κ3) is 4.22. The van der Waals surface area contributed by atoms with E-state index in [0.29, 0.717) is 18.8 Å². The van der Waals surface area contributed by atoms with Crippen LogP contribution >= 0.6 is 11.8 Å². The third-order valence-electron chi connectivity index (χ3n) is 5.38. The average Bonchev–Trinajstić information content (AvgIpc) is 3.21. The molecule has 1 fully saturated rings. The Hall–Kier alpha value is -2.61. The monoisotopic (exact) mass is 411 g/mol. The molecule has 1 aliphatic heterocycles. The molecule has 1 aromatic carbocycles. The third-order valence-corrected chi connectivity index (χ3v) is 6.12. The molecule has 0 radical (unpaired) electrons. The van der Waals surface area contributed by atoms with Crippen LogP contribution in [0, 0.1) is 5.92 Å². The number of aromatic nitrogens is 3. The van der Waals surface area contributed by atoms with E-state index in [4.69, 9.17) is 4.52 Å². The highest BCUT2D eigenvalue weighted by Crippen LogP contribution is 2.30. The predicted molar refractivity (Wildman–Crippen MR) is 114 cm³/mol. The van der Waals surface area contributed by atoms with Crippen molar-refractivity contribution in [1.82, 2.24) is 20.4 Å². The molecule has 1 atom stereocenters. The second-order valence-corrected chi connectivity index (χ2v) is 8.09. The van der Waals surface area contributed by atoms with E-state index in [-0.39, 0.29) is 11.8 Å². The van der Waals surface area contributed by atoms with Crippen molar-refractivity contribution in [1.29, 1.82) is 0 Å². The summed E-state index contributed by atoms with van der Waals surface area (Å²) >= 11 is 1.71. The summed E-state index contributed by atoms with van der Waals surface area (Å²) in [7, 11) is 0. The number of benzene rings is 1. The first-order valence-electron chi connectivity index (χ1n) is 9.94. The molecule has 4 rings (SSSR count). The van der Waals surface area contributed by atoms with Gasteiger partial charge in [0.1, 0.15) is 17.5 Å². The average molecular weight is 412 g/mol. The largest absolute Gasteiger partial charge is 0.355 e. The lowest BCUT2D eigenvalue weighted by Gasteiger charge is -2.33. The Morgan fingerprint density at radius 3 is 2.90 bits per heavy atom. The molecule has 2 aromatic heterocycles. The molecule has 3 heterocycles. The van der Waals surface area contributed by atoms with Gasteiger partial charge in [-0.1, -0.05) is 24.2 Å². The van der Waals surface area contributed by atoms with Gasteiger partial charge in [0.25, 0.3) is 5.71 Å². The van der Waals surface area contributed by atoms with Gasteiger partial charge in [0.15, 0.2) is 0 Å². The Morgan fingerprint density at radius 2 is 2.14 bits per heavy atom. The fourth-order valence-electron chi connectivity index (χ4n) is 3.77. The number of nitrogens with zero attached hydrogens (tertiary/aromatic N) is 4. The molecule has 0 bridgehead atoms. The molecule has 1 N–H and O–H groups in total.